The maximum absolute atomic E-state index is 11.4. The molecule has 3 rings (SSSR count). The molecule has 0 aromatic heterocycles. The molecule has 0 bridgehead atoms. The van der Waals surface area contributed by atoms with E-state index in [0.717, 1.165) is 84.8 Å². The highest BCUT2D eigenvalue weighted by atomic mass is 16.5. The molecule has 0 N–H and O–H groups in total. The van der Waals surface area contributed by atoms with Gasteiger partial charge < -0.3 is 18.9 Å². The Morgan fingerprint density at radius 1 is 0.385 bits per heavy atom. The minimum atomic E-state index is -0.0543. The molecule has 0 amide bonds. The van der Waals surface area contributed by atoms with E-state index in [1.807, 2.05) is 13.8 Å². The maximum atomic E-state index is 11.4. The van der Waals surface area contributed by atoms with Crippen molar-refractivity contribution in [3.05, 3.63) is 48.5 Å². The molecule has 52 heavy (non-hydrogen) atoms. The second kappa shape index (κ2) is 28.3. The summed E-state index contributed by atoms with van der Waals surface area (Å²) in [5, 5.41) is 4.54. The van der Waals surface area contributed by atoms with Crippen LogP contribution < -0.4 is 9.47 Å². The summed E-state index contributed by atoms with van der Waals surface area (Å²) in [5.41, 5.74) is 0. The Balaban J connectivity index is 1.29. The van der Waals surface area contributed by atoms with E-state index in [1.165, 1.54) is 103 Å². The normalized spacial score (nSPS) is 11.3. The molecular weight excluding hydrogens is 649 g/mol. The number of carbonyl (C=O) groups is 2. The van der Waals surface area contributed by atoms with E-state index in [1.54, 1.807) is 0 Å². The van der Waals surface area contributed by atoms with Crippen molar-refractivity contribution in [2.45, 2.75) is 168 Å². The molecule has 0 saturated heterocycles. The molecule has 0 fully saturated rings. The summed E-state index contributed by atoms with van der Waals surface area (Å²) in [6.07, 6.45) is 27.8. The molecule has 0 aliphatic rings. The number of esters is 2. The Hall–Kier alpha value is -3.28. The van der Waals surface area contributed by atoms with Gasteiger partial charge in [0.25, 0.3) is 0 Å². The fraction of sp³-hybridized carbons (Fsp3) is 0.652. The molecule has 0 aliphatic heterocycles. The third-order valence-electron chi connectivity index (χ3n) is 9.99. The predicted molar refractivity (Wildman–Crippen MR) is 217 cm³/mol. The van der Waals surface area contributed by atoms with Crippen LogP contribution in [0.2, 0.25) is 0 Å². The highest BCUT2D eigenvalue weighted by Gasteiger charge is 2.16. The van der Waals surface area contributed by atoms with Gasteiger partial charge in [-0.15, -0.1) is 0 Å². The average molecular weight is 719 g/mol. The first-order valence-electron chi connectivity index (χ1n) is 21.2. The third-order valence-corrected chi connectivity index (χ3v) is 9.99. The number of rotatable bonds is 32. The highest BCUT2D eigenvalue weighted by molar-refractivity contribution is 6.11. The molecule has 3 aromatic carbocycles. The average Bonchev–Trinajstić information content (AvgIpc) is 3.15. The van der Waals surface area contributed by atoms with Crippen molar-refractivity contribution >= 4 is 33.5 Å². The van der Waals surface area contributed by atoms with Crippen LogP contribution in [-0.2, 0) is 19.1 Å². The highest BCUT2D eigenvalue weighted by Crippen LogP contribution is 2.42. The maximum Gasteiger partial charge on any atom is 0.305 e. The first-order chi connectivity index (χ1) is 25.7. The fourth-order valence-corrected chi connectivity index (χ4v) is 7.10. The number of hydrogen-bond donors (Lipinski definition) is 0. The molecule has 0 heterocycles. The summed E-state index contributed by atoms with van der Waals surface area (Å²) < 4.78 is 23.1. The molecular formula is C46H70O6. The Morgan fingerprint density at radius 3 is 0.904 bits per heavy atom. The molecule has 290 valence electrons. The molecule has 0 radical (unpaired) electrons. The molecule has 6 heteroatoms. The Bertz CT molecular complexity index is 1220. The van der Waals surface area contributed by atoms with Crippen LogP contribution in [0.5, 0.6) is 11.5 Å². The van der Waals surface area contributed by atoms with Gasteiger partial charge >= 0.3 is 11.9 Å². The van der Waals surface area contributed by atoms with Crippen LogP contribution in [0, 0.1) is 0 Å². The van der Waals surface area contributed by atoms with Crippen molar-refractivity contribution < 1.29 is 28.5 Å². The lowest BCUT2D eigenvalue weighted by Gasteiger charge is -2.18. The number of hydrogen-bond acceptors (Lipinski definition) is 6. The van der Waals surface area contributed by atoms with E-state index < -0.39 is 0 Å². The van der Waals surface area contributed by atoms with Crippen molar-refractivity contribution in [1.82, 2.24) is 0 Å². The van der Waals surface area contributed by atoms with Gasteiger partial charge in [0.05, 0.1) is 26.4 Å². The zero-order valence-electron chi connectivity index (χ0n) is 32.9. The first-order valence-corrected chi connectivity index (χ1v) is 21.2. The van der Waals surface area contributed by atoms with Crippen LogP contribution in [0.3, 0.4) is 0 Å². The van der Waals surface area contributed by atoms with Crippen LogP contribution in [0.25, 0.3) is 21.5 Å². The molecule has 0 spiro atoms. The van der Waals surface area contributed by atoms with Crippen LogP contribution in [0.1, 0.15) is 168 Å². The number of unbranched alkanes of at least 4 members (excludes halogenated alkanes) is 20. The van der Waals surface area contributed by atoms with Gasteiger partial charge in [-0.05, 0) is 39.5 Å². The Labute approximate surface area is 315 Å². The van der Waals surface area contributed by atoms with E-state index >= 15 is 0 Å². The summed E-state index contributed by atoms with van der Waals surface area (Å²) in [6.45, 7) is 6.16. The van der Waals surface area contributed by atoms with Gasteiger partial charge in [-0.2, -0.15) is 0 Å². The largest absolute Gasteiger partial charge is 0.492 e. The summed E-state index contributed by atoms with van der Waals surface area (Å²) in [6, 6.07) is 17.1. The summed E-state index contributed by atoms with van der Waals surface area (Å²) in [4.78, 5) is 22.8. The lowest BCUT2D eigenvalue weighted by Crippen LogP contribution is -2.03. The molecule has 3 aromatic rings. The monoisotopic (exact) mass is 719 g/mol. The number of benzene rings is 3. The van der Waals surface area contributed by atoms with Crippen LogP contribution in [0.4, 0.5) is 0 Å². The lowest BCUT2D eigenvalue weighted by molar-refractivity contribution is -0.144. The molecule has 0 atom stereocenters. The smallest absolute Gasteiger partial charge is 0.305 e. The van der Waals surface area contributed by atoms with Gasteiger partial charge in [0, 0.05) is 34.4 Å². The quantitative estimate of drug-likeness (QED) is 0.0363. The van der Waals surface area contributed by atoms with Gasteiger partial charge in [-0.1, -0.05) is 164 Å². The zero-order valence-corrected chi connectivity index (χ0v) is 32.9. The zero-order chi connectivity index (χ0) is 36.9. The number of carbonyl (C=O) groups excluding carboxylic acids is 2. The lowest BCUT2D eigenvalue weighted by atomic mass is 10.0. The van der Waals surface area contributed by atoms with Gasteiger partial charge in [-0.25, -0.2) is 0 Å². The minimum Gasteiger partial charge on any atom is -0.492 e. The van der Waals surface area contributed by atoms with Crippen LogP contribution >= 0.6 is 0 Å². The van der Waals surface area contributed by atoms with Crippen molar-refractivity contribution in [2.75, 3.05) is 26.4 Å². The topological polar surface area (TPSA) is 71.1 Å². The van der Waals surface area contributed by atoms with Gasteiger partial charge in [0.2, 0.25) is 0 Å². The van der Waals surface area contributed by atoms with Gasteiger partial charge in [-0.3, -0.25) is 9.59 Å². The van der Waals surface area contributed by atoms with Gasteiger partial charge in [0.15, 0.2) is 0 Å². The molecule has 0 unspecified atom stereocenters. The molecule has 0 saturated carbocycles. The van der Waals surface area contributed by atoms with E-state index in [2.05, 4.69) is 48.5 Å². The van der Waals surface area contributed by atoms with E-state index in [4.69, 9.17) is 18.9 Å². The summed E-state index contributed by atoms with van der Waals surface area (Å²) in [7, 11) is 0. The molecule has 6 nitrogen and oxygen atoms in total. The van der Waals surface area contributed by atoms with Crippen molar-refractivity contribution in [1.29, 1.82) is 0 Å². The number of ether oxygens (including phenoxy) is 4. The summed E-state index contributed by atoms with van der Waals surface area (Å²) in [5.74, 6) is 1.86. The second-order valence-electron chi connectivity index (χ2n) is 14.3. The summed E-state index contributed by atoms with van der Waals surface area (Å²) >= 11 is 0. The van der Waals surface area contributed by atoms with Gasteiger partial charge in [0.1, 0.15) is 11.5 Å². The second-order valence-corrected chi connectivity index (χ2v) is 14.3. The third kappa shape index (κ3) is 17.5. The molecule has 0 aliphatic carbocycles. The fourth-order valence-electron chi connectivity index (χ4n) is 7.10. The van der Waals surface area contributed by atoms with Crippen LogP contribution in [0.15, 0.2) is 48.5 Å². The van der Waals surface area contributed by atoms with Crippen LogP contribution in [-0.4, -0.2) is 38.4 Å². The van der Waals surface area contributed by atoms with Crippen molar-refractivity contribution in [2.24, 2.45) is 0 Å². The van der Waals surface area contributed by atoms with E-state index in [9.17, 15) is 9.59 Å². The van der Waals surface area contributed by atoms with Crippen molar-refractivity contribution in [3.63, 3.8) is 0 Å². The Morgan fingerprint density at radius 2 is 0.635 bits per heavy atom. The van der Waals surface area contributed by atoms with E-state index in [-0.39, 0.29) is 11.9 Å². The Kier molecular flexibility index (Phi) is 23.4. The standard InChI is InChI=1S/C46H70O6/c1-3-49-43(47)35-23-19-15-11-7-5-9-13-17-21-29-37-51-45-39-31-25-27-33-41(39)46(42-34-28-26-32-40(42)45)52-38-30-22-18-14-10-6-8-12-16-20-24-36-44(48)50-4-2/h25-28,31-34H,3-24,29-30,35-38H2,1-2H3. The van der Waals surface area contributed by atoms with Crippen molar-refractivity contribution in [3.8, 4) is 11.5 Å². The number of fused-ring (bicyclic) bond motifs is 2. The minimum absolute atomic E-state index is 0.0543. The SMILES string of the molecule is CCOC(=O)CCCCCCCCCCCCCOc1c2ccccc2c(OCCCCCCCCCCCCCC(=O)OCC)c2ccccc12. The van der Waals surface area contributed by atoms with E-state index in [0.29, 0.717) is 26.1 Å². The first kappa shape index (κ1) is 43.1. The predicted octanol–water partition coefficient (Wildman–Crippen LogP) is 13.2.